The molecule has 0 spiro atoms. The molecule has 5 N–H and O–H groups in total. The van der Waals surface area contributed by atoms with Crippen molar-refractivity contribution in [2.24, 2.45) is 0 Å². The first-order valence-corrected chi connectivity index (χ1v) is 27.6. The Labute approximate surface area is 457 Å². The van der Waals surface area contributed by atoms with Crippen molar-refractivity contribution >= 4 is 43.3 Å². The largest absolute Gasteiger partial charge is 0.497 e. The second-order valence-corrected chi connectivity index (χ2v) is 22.7. The van der Waals surface area contributed by atoms with Gasteiger partial charge in [0, 0.05) is 30.7 Å². The number of carbonyl (C=O) groups excluding carboxylic acids is 1. The Kier molecular flexibility index (Phi) is 17.6. The summed E-state index contributed by atoms with van der Waals surface area (Å²) in [4.78, 5) is 34.4. The van der Waals surface area contributed by atoms with E-state index in [2.05, 4.69) is 25.3 Å². The quantitative estimate of drug-likeness (QED) is 0.0424. The lowest BCUT2D eigenvalue weighted by Crippen LogP contribution is -2.46. The highest BCUT2D eigenvalue weighted by molar-refractivity contribution is 7.92. The normalized spacial score (nSPS) is 12.3. The molecule has 0 bridgehead atoms. The third kappa shape index (κ3) is 13.6. The Bertz CT molecular complexity index is 3580. The van der Waals surface area contributed by atoms with Crippen LogP contribution in [0.15, 0.2) is 143 Å². The van der Waals surface area contributed by atoms with E-state index in [1.54, 1.807) is 142 Å². The van der Waals surface area contributed by atoms with Gasteiger partial charge >= 0.3 is 12.2 Å². The number of tetrazole rings is 1. The Morgan fingerprint density at radius 1 is 0.722 bits per heavy atom. The highest BCUT2D eigenvalue weighted by Crippen LogP contribution is 2.43. The first-order chi connectivity index (χ1) is 37.8. The van der Waals surface area contributed by atoms with Crippen LogP contribution < -0.4 is 24.2 Å². The van der Waals surface area contributed by atoms with Gasteiger partial charge in [-0.3, -0.25) is 4.90 Å². The van der Waals surface area contributed by atoms with Gasteiger partial charge in [-0.15, -0.1) is 10.2 Å². The van der Waals surface area contributed by atoms with Gasteiger partial charge in [0.05, 0.1) is 63.7 Å². The molecule has 0 aliphatic carbocycles. The molecule has 6 aromatic carbocycles. The van der Waals surface area contributed by atoms with Crippen LogP contribution in [-0.4, -0.2) is 125 Å². The molecule has 8 rings (SSSR count). The Balaban J connectivity index is 1.34. The minimum absolute atomic E-state index is 0.0418. The van der Waals surface area contributed by atoms with Gasteiger partial charge in [-0.2, -0.15) is 9.10 Å². The summed E-state index contributed by atoms with van der Waals surface area (Å²) in [6.45, 7) is 3.12. The molecule has 2 aromatic heterocycles. The average molecular weight is 1120 g/mol. The maximum Gasteiger partial charge on any atom is 0.408 e. The van der Waals surface area contributed by atoms with Crippen LogP contribution in [0, 0.1) is 0 Å². The predicted molar refractivity (Wildman–Crippen MR) is 292 cm³/mol. The summed E-state index contributed by atoms with van der Waals surface area (Å²) in [6.07, 6.45) is -2.09. The van der Waals surface area contributed by atoms with Crippen LogP contribution in [0.4, 0.5) is 9.59 Å². The lowest BCUT2D eigenvalue weighted by molar-refractivity contribution is 0.0939. The molecular weight excluding hydrogens is 1060 g/mol. The third-order valence-corrected chi connectivity index (χ3v) is 16.2. The minimum Gasteiger partial charge on any atom is -0.497 e. The van der Waals surface area contributed by atoms with Gasteiger partial charge in [0.15, 0.2) is 0 Å². The van der Waals surface area contributed by atoms with Crippen molar-refractivity contribution in [3.63, 3.8) is 0 Å². The number of sulfonamides is 2. The van der Waals surface area contributed by atoms with Crippen molar-refractivity contribution in [1.29, 1.82) is 0 Å². The first-order valence-electron chi connectivity index (χ1n) is 24.7. The second kappa shape index (κ2) is 24.5. The van der Waals surface area contributed by atoms with E-state index in [0.29, 0.717) is 39.5 Å². The lowest BCUT2D eigenvalue weighted by atomic mass is 9.98. The number of nitrogens with zero attached hydrogens (tertiary/aromatic N) is 7. The van der Waals surface area contributed by atoms with Crippen LogP contribution in [0.3, 0.4) is 0 Å². The maximum absolute atomic E-state index is 16.4. The first kappa shape index (κ1) is 56.8. The van der Waals surface area contributed by atoms with E-state index in [4.69, 9.17) is 29.0 Å². The molecule has 414 valence electrons. The fourth-order valence-electron chi connectivity index (χ4n) is 8.53. The van der Waals surface area contributed by atoms with Gasteiger partial charge in [-0.25, -0.2) is 36.1 Å². The molecule has 0 fully saturated rings. The number of hydrogen-bond acceptors (Lipinski definition) is 15. The zero-order chi connectivity index (χ0) is 56.5. The van der Waals surface area contributed by atoms with E-state index in [1.165, 1.54) is 37.1 Å². The number of hydrogen-bond donors (Lipinski definition) is 5. The zero-order valence-corrected chi connectivity index (χ0v) is 45.8. The smallest absolute Gasteiger partial charge is 0.408 e. The van der Waals surface area contributed by atoms with Gasteiger partial charge in [0.2, 0.25) is 25.9 Å². The number of rotatable bonds is 23. The number of carboxylic acid groups (broad SMARTS) is 1. The van der Waals surface area contributed by atoms with Crippen LogP contribution in [0.25, 0.3) is 33.5 Å². The Hall–Kier alpha value is -8.42. The number of ether oxygens (including phenoxy) is 4. The molecular formula is C55H60N10O12S2. The number of H-pyrrole nitrogens is 1. The maximum atomic E-state index is 16.4. The highest BCUT2D eigenvalue weighted by Gasteiger charge is 2.39. The monoisotopic (exact) mass is 1120 g/mol. The molecule has 0 saturated heterocycles. The topological polar surface area (TPSA) is 283 Å². The molecule has 0 saturated carbocycles. The molecule has 22 nitrogen and oxygen atoms in total. The van der Waals surface area contributed by atoms with E-state index in [9.17, 15) is 19.8 Å². The summed E-state index contributed by atoms with van der Waals surface area (Å²) in [5, 5.41) is 36.9. The molecule has 2 amide bonds. The molecule has 24 heteroatoms. The van der Waals surface area contributed by atoms with Gasteiger partial charge in [-0.1, -0.05) is 84.9 Å². The standard InChI is InChI=1S/C55H60N10O12S2/c1-55(2,3)64(54(68)69)33-48-57-46-14-10-13-45(50(46)58-48)44-27-28-47(78(70,71)61-40(34-66)29-56-53(67)77-35-39-11-8-7-9-12-39)51(49(44)52-59-62-65(60-52)32-38-19-25-43(76-6)26-20-38)79(72,73)63(30-36-15-21-41(74-4)22-16-36)31-37-17-23-42(75-5)24-18-37/h7-28,40,61,66H,29-35H2,1-6H3,(H,56,67)(H,57,58)(H,68,69). The van der Waals surface area contributed by atoms with Crippen molar-refractivity contribution < 1.29 is 55.6 Å². The fraction of sp³-hybridized carbons (Fsp3) is 0.273. The number of fused-ring (bicyclic) bond motifs is 1. The SMILES string of the molecule is COc1ccc(CN(Cc2ccc(OC)cc2)S(=O)(=O)c2c(S(=O)(=O)NC(CO)CNC(=O)OCc3ccccc3)ccc(-c3cccc4[nH]c(CN(C(=O)O)C(C)(C)C)nc34)c2-c2nnn(Cc3ccc(OC)cc3)n2)cc1. The zero-order valence-electron chi connectivity index (χ0n) is 44.2. The number of aromatic nitrogens is 6. The Morgan fingerprint density at radius 2 is 1.32 bits per heavy atom. The number of benzene rings is 6. The van der Waals surface area contributed by atoms with Crippen molar-refractivity contribution in [3.8, 4) is 39.8 Å². The van der Waals surface area contributed by atoms with Crippen LogP contribution in [0.5, 0.6) is 17.2 Å². The molecule has 0 radical (unpaired) electrons. The van der Waals surface area contributed by atoms with E-state index in [0.717, 1.165) is 15.9 Å². The van der Waals surface area contributed by atoms with Crippen LogP contribution in [0.2, 0.25) is 0 Å². The summed E-state index contributed by atoms with van der Waals surface area (Å²) in [5.41, 5.74) is 2.42. The van der Waals surface area contributed by atoms with E-state index in [-0.39, 0.29) is 66.6 Å². The number of aliphatic hydroxyl groups is 1. The predicted octanol–water partition coefficient (Wildman–Crippen LogP) is 7.19. The number of aliphatic hydroxyl groups excluding tert-OH is 1. The molecule has 1 unspecified atom stereocenters. The van der Waals surface area contributed by atoms with Gasteiger partial charge in [-0.05, 0) is 102 Å². The number of amides is 2. The summed E-state index contributed by atoms with van der Waals surface area (Å²) in [5.74, 6) is 1.58. The molecule has 2 heterocycles. The molecule has 8 aromatic rings. The summed E-state index contributed by atoms with van der Waals surface area (Å²) in [6, 6.07) is 35.5. The van der Waals surface area contributed by atoms with E-state index >= 15 is 16.8 Å². The summed E-state index contributed by atoms with van der Waals surface area (Å²) < 4.78 is 88.3. The molecule has 79 heavy (non-hydrogen) atoms. The fourth-order valence-corrected chi connectivity index (χ4v) is 12.2. The summed E-state index contributed by atoms with van der Waals surface area (Å²) in [7, 11) is -5.66. The van der Waals surface area contributed by atoms with E-state index in [1.807, 2.05) is 0 Å². The lowest BCUT2D eigenvalue weighted by Gasteiger charge is -2.32. The third-order valence-electron chi connectivity index (χ3n) is 12.7. The number of para-hydroxylation sites is 1. The number of nitrogens with one attached hydrogen (secondary N) is 3. The number of aromatic amines is 1. The highest BCUT2D eigenvalue weighted by atomic mass is 32.2. The van der Waals surface area contributed by atoms with Crippen molar-refractivity contribution in [1.82, 2.24) is 49.4 Å². The van der Waals surface area contributed by atoms with Crippen molar-refractivity contribution in [3.05, 3.63) is 162 Å². The Morgan fingerprint density at radius 3 is 1.87 bits per heavy atom. The van der Waals surface area contributed by atoms with Crippen molar-refractivity contribution in [2.45, 2.75) is 74.9 Å². The molecule has 0 aliphatic rings. The second-order valence-electron chi connectivity index (χ2n) is 19.1. The minimum atomic E-state index is -5.13. The number of methoxy groups -OCH3 is 3. The van der Waals surface area contributed by atoms with Gasteiger partial charge in [0.1, 0.15) is 39.5 Å². The van der Waals surface area contributed by atoms with Crippen LogP contribution >= 0.6 is 0 Å². The van der Waals surface area contributed by atoms with Crippen LogP contribution in [-0.2, 0) is 57.6 Å². The van der Waals surface area contributed by atoms with Gasteiger partial charge in [0.25, 0.3) is 0 Å². The number of alkyl carbamates (subject to hydrolysis) is 1. The summed E-state index contributed by atoms with van der Waals surface area (Å²) >= 11 is 0. The average Bonchev–Trinajstić information content (AvgIpc) is 4.14. The number of carbonyl (C=O) groups is 2. The van der Waals surface area contributed by atoms with Gasteiger partial charge < -0.3 is 39.5 Å². The van der Waals surface area contributed by atoms with E-state index < -0.39 is 66.8 Å². The van der Waals surface area contributed by atoms with Crippen molar-refractivity contribution in [2.75, 3.05) is 34.5 Å². The molecule has 1 atom stereocenters. The van der Waals surface area contributed by atoms with Crippen LogP contribution in [0.1, 0.15) is 48.8 Å². The number of imidazole rings is 1. The molecule has 0 aliphatic heterocycles.